The summed E-state index contributed by atoms with van der Waals surface area (Å²) in [7, 11) is 1.35. The Bertz CT molecular complexity index is 1380. The van der Waals surface area contributed by atoms with Gasteiger partial charge in [0.15, 0.2) is 12.1 Å². The number of hydrogen-bond donors (Lipinski definition) is 5. The molecule has 2 aromatic carbocycles. The highest BCUT2D eigenvalue weighted by Gasteiger charge is 2.48. The number of ether oxygens (including phenoxy) is 3. The van der Waals surface area contributed by atoms with Crippen molar-refractivity contribution >= 4 is 17.3 Å². The summed E-state index contributed by atoms with van der Waals surface area (Å²) in [6.45, 7) is 2.93. The van der Waals surface area contributed by atoms with E-state index in [4.69, 9.17) is 19.9 Å². The first-order chi connectivity index (χ1) is 18.4. The first kappa shape index (κ1) is 27.2. The van der Waals surface area contributed by atoms with E-state index in [0.29, 0.717) is 0 Å². The molecule has 0 amide bonds. The van der Waals surface area contributed by atoms with Gasteiger partial charge in [-0.05, 0) is 19.9 Å². The second-order valence-corrected chi connectivity index (χ2v) is 10.7. The Hall–Kier alpha value is -3.35. The zero-order chi connectivity index (χ0) is 28.4. The number of Topliss-reactive ketones (excluding diaryl/α,β-unsaturated/α-hetero) is 1. The first-order valence-electron chi connectivity index (χ1n) is 12.7. The summed E-state index contributed by atoms with van der Waals surface area (Å²) < 4.78 is 17.2. The maximum Gasteiger partial charge on any atom is 0.202 e. The first-order valence-corrected chi connectivity index (χ1v) is 12.7. The van der Waals surface area contributed by atoms with E-state index in [1.54, 1.807) is 6.92 Å². The third-order valence-corrected chi connectivity index (χ3v) is 7.80. The molecule has 39 heavy (non-hydrogen) atoms. The lowest BCUT2D eigenvalue weighted by atomic mass is 9.71. The van der Waals surface area contributed by atoms with E-state index in [1.807, 2.05) is 0 Å². The van der Waals surface area contributed by atoms with Gasteiger partial charge < -0.3 is 40.4 Å². The highest BCUT2D eigenvalue weighted by atomic mass is 16.7. The van der Waals surface area contributed by atoms with Crippen LogP contribution in [0.2, 0.25) is 0 Å². The minimum atomic E-state index is -1.69. The van der Waals surface area contributed by atoms with Crippen LogP contribution in [0.5, 0.6) is 17.2 Å². The monoisotopic (exact) mass is 541 g/mol. The van der Waals surface area contributed by atoms with Crippen LogP contribution in [0, 0.1) is 0 Å². The number of fused-ring (bicyclic) bond motifs is 3. The quantitative estimate of drug-likeness (QED) is 0.294. The van der Waals surface area contributed by atoms with Gasteiger partial charge >= 0.3 is 0 Å². The molecule has 5 rings (SSSR count). The number of benzene rings is 2. The average molecular weight is 542 g/mol. The van der Waals surface area contributed by atoms with Crippen molar-refractivity contribution in [2.75, 3.05) is 7.11 Å². The third kappa shape index (κ3) is 4.40. The van der Waals surface area contributed by atoms with Crippen LogP contribution in [0.1, 0.15) is 82.2 Å². The lowest BCUT2D eigenvalue weighted by Crippen LogP contribution is -2.52. The Balaban J connectivity index is 1.67. The fraction of sp³-hybridized carbons (Fsp3) is 0.464. The van der Waals surface area contributed by atoms with E-state index < -0.39 is 70.4 Å². The molecule has 0 aromatic heterocycles. The fourth-order valence-electron chi connectivity index (χ4n) is 6.06. The van der Waals surface area contributed by atoms with Crippen molar-refractivity contribution in [3.8, 4) is 17.2 Å². The molecule has 0 bridgehead atoms. The molecule has 0 spiro atoms. The molecule has 11 nitrogen and oxygen atoms in total. The van der Waals surface area contributed by atoms with Crippen molar-refractivity contribution in [1.29, 1.82) is 0 Å². The Morgan fingerprint density at radius 2 is 1.85 bits per heavy atom. The van der Waals surface area contributed by atoms with Crippen LogP contribution in [0.4, 0.5) is 0 Å². The normalized spacial score (nSPS) is 29.8. The number of nitrogens with two attached hydrogens (primary N) is 1. The molecule has 1 saturated heterocycles. The van der Waals surface area contributed by atoms with Crippen LogP contribution >= 0.6 is 0 Å². The molecule has 0 saturated carbocycles. The number of ketones is 3. The van der Waals surface area contributed by atoms with Gasteiger partial charge in [0, 0.05) is 48.4 Å². The molecule has 3 aliphatic rings. The summed E-state index contributed by atoms with van der Waals surface area (Å²) in [6.07, 6.45) is -4.38. The van der Waals surface area contributed by atoms with E-state index in [-0.39, 0.29) is 59.5 Å². The predicted molar refractivity (Wildman–Crippen MR) is 135 cm³/mol. The van der Waals surface area contributed by atoms with Gasteiger partial charge in [-0.3, -0.25) is 14.4 Å². The Labute approximate surface area is 224 Å². The van der Waals surface area contributed by atoms with Crippen molar-refractivity contribution in [2.24, 2.45) is 5.73 Å². The van der Waals surface area contributed by atoms with Crippen LogP contribution in [0.15, 0.2) is 18.2 Å². The fourth-order valence-corrected chi connectivity index (χ4v) is 6.06. The molecule has 208 valence electrons. The molecule has 0 radical (unpaired) electrons. The lowest BCUT2D eigenvalue weighted by molar-refractivity contribution is -0.247. The van der Waals surface area contributed by atoms with E-state index in [9.17, 15) is 34.8 Å². The summed E-state index contributed by atoms with van der Waals surface area (Å²) in [5, 5.41) is 44.5. The minimum Gasteiger partial charge on any atom is -0.507 e. The standard InChI is InChI=1S/C28H31NO10/c1-11(30)8-28(36)9-14-20(17(10-28)39-18-7-15(29)23(31)12(2)38-18)27(35)22-21(25(14)33)24(32)13-5-4-6-16(37-3)19(13)26(22)34/h4-6,12,15,17-18,23,31,33,35-36H,7-10,29H2,1-3H3/t12?,15?,17?,18?,23?,28-/m0/s1. The second-order valence-electron chi connectivity index (χ2n) is 10.7. The molecular weight excluding hydrogens is 510 g/mol. The molecule has 6 atom stereocenters. The van der Waals surface area contributed by atoms with E-state index in [1.165, 1.54) is 32.2 Å². The molecule has 1 fully saturated rings. The van der Waals surface area contributed by atoms with Gasteiger partial charge in [0.1, 0.15) is 23.0 Å². The van der Waals surface area contributed by atoms with Gasteiger partial charge in [-0.15, -0.1) is 0 Å². The summed E-state index contributed by atoms with van der Waals surface area (Å²) in [6, 6.07) is 3.79. The van der Waals surface area contributed by atoms with Crippen molar-refractivity contribution < 1.29 is 49.0 Å². The zero-order valence-corrected chi connectivity index (χ0v) is 21.8. The minimum absolute atomic E-state index is 0.00115. The lowest BCUT2D eigenvalue weighted by Gasteiger charge is -2.42. The number of phenolic OH excluding ortho intramolecular Hbond substituents is 2. The van der Waals surface area contributed by atoms with Crippen LogP contribution in [-0.4, -0.2) is 75.0 Å². The third-order valence-electron chi connectivity index (χ3n) is 7.80. The number of aliphatic hydroxyl groups excluding tert-OH is 1. The maximum atomic E-state index is 13.7. The summed E-state index contributed by atoms with van der Waals surface area (Å²) >= 11 is 0. The number of aromatic hydroxyl groups is 2. The van der Waals surface area contributed by atoms with Gasteiger partial charge in [0.25, 0.3) is 0 Å². The molecule has 1 heterocycles. The van der Waals surface area contributed by atoms with E-state index in [2.05, 4.69) is 0 Å². The van der Waals surface area contributed by atoms with Gasteiger partial charge in [0.05, 0.1) is 47.7 Å². The number of carbonyl (C=O) groups is 3. The predicted octanol–water partition coefficient (Wildman–Crippen LogP) is 1.42. The van der Waals surface area contributed by atoms with Gasteiger partial charge in [-0.1, -0.05) is 12.1 Å². The second kappa shape index (κ2) is 9.68. The average Bonchev–Trinajstić information content (AvgIpc) is 2.86. The zero-order valence-electron chi connectivity index (χ0n) is 21.8. The van der Waals surface area contributed by atoms with E-state index in [0.717, 1.165) is 0 Å². The van der Waals surface area contributed by atoms with Gasteiger partial charge in [0.2, 0.25) is 5.78 Å². The van der Waals surface area contributed by atoms with Crippen molar-refractivity contribution in [1.82, 2.24) is 0 Å². The Morgan fingerprint density at radius 1 is 1.15 bits per heavy atom. The topological polar surface area (TPSA) is 186 Å². The summed E-state index contributed by atoms with van der Waals surface area (Å²) in [5.41, 5.74) is 3.52. The van der Waals surface area contributed by atoms with Crippen molar-refractivity contribution in [2.45, 2.75) is 75.8 Å². The Morgan fingerprint density at radius 3 is 2.49 bits per heavy atom. The van der Waals surface area contributed by atoms with Crippen molar-refractivity contribution in [3.05, 3.63) is 51.6 Å². The molecule has 5 unspecified atom stereocenters. The number of phenols is 2. The Kier molecular flexibility index (Phi) is 6.76. The largest absolute Gasteiger partial charge is 0.507 e. The molecule has 6 N–H and O–H groups in total. The smallest absolute Gasteiger partial charge is 0.202 e. The number of rotatable bonds is 5. The van der Waals surface area contributed by atoms with Crippen molar-refractivity contribution in [3.63, 3.8) is 0 Å². The molecule has 1 aliphatic heterocycles. The highest BCUT2D eigenvalue weighted by molar-refractivity contribution is 6.31. The number of methoxy groups -OCH3 is 1. The molecule has 11 heteroatoms. The van der Waals surface area contributed by atoms with Crippen LogP contribution in [0.3, 0.4) is 0 Å². The number of carbonyl (C=O) groups excluding carboxylic acids is 3. The molecule has 2 aromatic rings. The maximum absolute atomic E-state index is 13.7. The SMILES string of the molecule is COc1cccc2c1C(=O)c1c(O)c3c(c(O)c1C2=O)C[C@@](O)(CC(C)=O)CC3OC1CC(N)C(O)C(C)O1. The van der Waals surface area contributed by atoms with Gasteiger partial charge in [-0.2, -0.15) is 0 Å². The number of hydrogen-bond acceptors (Lipinski definition) is 11. The summed E-state index contributed by atoms with van der Waals surface area (Å²) in [5.74, 6) is -2.75. The van der Waals surface area contributed by atoms with Gasteiger partial charge in [-0.25, -0.2) is 0 Å². The highest BCUT2D eigenvalue weighted by Crippen LogP contribution is 2.53. The molecular formula is C28H31NO10. The van der Waals surface area contributed by atoms with E-state index >= 15 is 0 Å². The summed E-state index contributed by atoms with van der Waals surface area (Å²) in [4.78, 5) is 39.2. The van der Waals surface area contributed by atoms with Crippen LogP contribution in [-0.2, 0) is 20.7 Å². The molecule has 2 aliphatic carbocycles. The van der Waals surface area contributed by atoms with Crippen LogP contribution < -0.4 is 10.5 Å². The van der Waals surface area contributed by atoms with Crippen LogP contribution in [0.25, 0.3) is 0 Å². The number of aliphatic hydroxyl groups is 2.